The molecular formula is C16H20N4O2. The number of hydrogen-bond donors (Lipinski definition) is 2. The maximum absolute atomic E-state index is 5.37. The first kappa shape index (κ1) is 14.4. The number of aromatic nitrogens is 2. The van der Waals surface area contributed by atoms with E-state index in [1.807, 2.05) is 24.3 Å². The lowest BCUT2D eigenvalue weighted by Crippen LogP contribution is -2.11. The van der Waals surface area contributed by atoms with Crippen LogP contribution in [0.3, 0.4) is 0 Å². The van der Waals surface area contributed by atoms with Crippen molar-refractivity contribution in [3.05, 3.63) is 36.0 Å². The van der Waals surface area contributed by atoms with Crippen LogP contribution >= 0.6 is 0 Å². The molecule has 1 aromatic carbocycles. The lowest BCUT2D eigenvalue weighted by Gasteiger charge is -2.10. The summed E-state index contributed by atoms with van der Waals surface area (Å²) in [6.07, 6.45) is 1.75. The fourth-order valence-corrected chi connectivity index (χ4v) is 2.08. The second kappa shape index (κ2) is 6.51. The van der Waals surface area contributed by atoms with Crippen molar-refractivity contribution in [2.75, 3.05) is 24.0 Å². The van der Waals surface area contributed by atoms with Crippen molar-refractivity contribution in [1.82, 2.24) is 9.97 Å². The van der Waals surface area contributed by atoms with Gasteiger partial charge in [-0.25, -0.2) is 4.98 Å². The van der Waals surface area contributed by atoms with E-state index in [0.717, 1.165) is 29.4 Å². The van der Waals surface area contributed by atoms with Gasteiger partial charge in [-0.1, -0.05) is 19.9 Å². The van der Waals surface area contributed by atoms with Gasteiger partial charge in [0, 0.05) is 19.3 Å². The lowest BCUT2D eigenvalue weighted by atomic mass is 10.2. The molecule has 0 bridgehead atoms. The lowest BCUT2D eigenvalue weighted by molar-refractivity contribution is 0.174. The van der Waals surface area contributed by atoms with E-state index in [1.165, 1.54) is 0 Å². The van der Waals surface area contributed by atoms with E-state index < -0.39 is 0 Å². The number of benzene rings is 1. The van der Waals surface area contributed by atoms with Crippen LogP contribution in [0.25, 0.3) is 0 Å². The average molecular weight is 300 g/mol. The average Bonchev–Trinajstić information content (AvgIpc) is 2.99. The molecule has 0 radical (unpaired) electrons. The Morgan fingerprint density at radius 1 is 1.14 bits per heavy atom. The van der Waals surface area contributed by atoms with E-state index in [9.17, 15) is 0 Å². The number of fused-ring (bicyclic) bond motifs is 1. The summed E-state index contributed by atoms with van der Waals surface area (Å²) in [6, 6.07) is 7.76. The van der Waals surface area contributed by atoms with Crippen molar-refractivity contribution in [3.8, 4) is 11.5 Å². The summed E-state index contributed by atoms with van der Waals surface area (Å²) in [4.78, 5) is 8.68. The summed E-state index contributed by atoms with van der Waals surface area (Å²) in [7, 11) is 0. The molecule has 2 N–H and O–H groups in total. The third-order valence-electron chi connectivity index (χ3n) is 3.23. The summed E-state index contributed by atoms with van der Waals surface area (Å²) < 4.78 is 10.7. The van der Waals surface area contributed by atoms with Gasteiger partial charge in [0.1, 0.15) is 5.82 Å². The number of nitrogens with one attached hydrogen (secondary N) is 2. The number of anilines is 2. The van der Waals surface area contributed by atoms with Gasteiger partial charge in [-0.2, -0.15) is 4.98 Å². The predicted molar refractivity (Wildman–Crippen MR) is 85.3 cm³/mol. The molecular weight excluding hydrogens is 280 g/mol. The van der Waals surface area contributed by atoms with Crippen molar-refractivity contribution >= 4 is 11.8 Å². The van der Waals surface area contributed by atoms with Gasteiger partial charge in [-0.3, -0.25) is 0 Å². The molecule has 116 valence electrons. The van der Waals surface area contributed by atoms with Gasteiger partial charge in [-0.15, -0.1) is 0 Å². The van der Waals surface area contributed by atoms with E-state index in [-0.39, 0.29) is 0 Å². The normalized spacial score (nSPS) is 12.5. The van der Waals surface area contributed by atoms with Gasteiger partial charge in [0.05, 0.1) is 0 Å². The topological polar surface area (TPSA) is 68.3 Å². The minimum Gasteiger partial charge on any atom is -0.454 e. The van der Waals surface area contributed by atoms with Gasteiger partial charge < -0.3 is 20.1 Å². The molecule has 6 heteroatoms. The Hall–Kier alpha value is -2.50. The molecule has 1 aliphatic heterocycles. The molecule has 0 saturated carbocycles. The summed E-state index contributed by atoms with van der Waals surface area (Å²) in [5.74, 6) is 3.58. The van der Waals surface area contributed by atoms with E-state index in [4.69, 9.17) is 9.47 Å². The maximum atomic E-state index is 5.37. The summed E-state index contributed by atoms with van der Waals surface area (Å²) in [5.41, 5.74) is 1.09. The molecule has 0 aliphatic carbocycles. The van der Waals surface area contributed by atoms with Crippen LogP contribution in [0.15, 0.2) is 30.5 Å². The van der Waals surface area contributed by atoms with E-state index in [1.54, 1.807) is 6.20 Å². The first-order valence-corrected chi connectivity index (χ1v) is 7.40. The van der Waals surface area contributed by atoms with Crippen LogP contribution < -0.4 is 20.1 Å². The Labute approximate surface area is 129 Å². The van der Waals surface area contributed by atoms with Gasteiger partial charge in [-0.05, 0) is 29.7 Å². The molecule has 1 aliphatic rings. The highest BCUT2D eigenvalue weighted by atomic mass is 16.7. The zero-order chi connectivity index (χ0) is 15.4. The number of nitrogens with zero attached hydrogens (tertiary/aromatic N) is 2. The fraction of sp³-hybridized carbons (Fsp3) is 0.375. The molecule has 2 heterocycles. The van der Waals surface area contributed by atoms with E-state index in [2.05, 4.69) is 34.4 Å². The summed E-state index contributed by atoms with van der Waals surface area (Å²) >= 11 is 0. The minimum absolute atomic E-state index is 0.291. The third-order valence-corrected chi connectivity index (χ3v) is 3.23. The summed E-state index contributed by atoms with van der Waals surface area (Å²) in [6.45, 7) is 6.13. The first-order chi connectivity index (χ1) is 10.7. The SMILES string of the molecule is CC(C)CNc1ccnc(NCc2ccc3c(c2)OCO3)n1. The molecule has 0 unspecified atom stereocenters. The molecule has 22 heavy (non-hydrogen) atoms. The van der Waals surface area contributed by atoms with Crippen LogP contribution in [-0.4, -0.2) is 23.3 Å². The predicted octanol–water partition coefficient (Wildman–Crippen LogP) is 2.89. The smallest absolute Gasteiger partial charge is 0.231 e. The maximum Gasteiger partial charge on any atom is 0.231 e. The Bertz CT molecular complexity index is 646. The van der Waals surface area contributed by atoms with Crippen LogP contribution in [0.1, 0.15) is 19.4 Å². The molecule has 1 aromatic heterocycles. The summed E-state index contributed by atoms with van der Waals surface area (Å²) in [5, 5.41) is 6.51. The van der Waals surface area contributed by atoms with E-state index in [0.29, 0.717) is 25.2 Å². The number of rotatable bonds is 6. The van der Waals surface area contributed by atoms with Crippen molar-refractivity contribution in [3.63, 3.8) is 0 Å². The Morgan fingerprint density at radius 3 is 2.86 bits per heavy atom. The molecule has 0 fully saturated rings. The molecule has 0 amide bonds. The van der Waals surface area contributed by atoms with Gasteiger partial charge >= 0.3 is 0 Å². The highest BCUT2D eigenvalue weighted by Crippen LogP contribution is 2.32. The molecule has 6 nitrogen and oxygen atoms in total. The molecule has 0 atom stereocenters. The Morgan fingerprint density at radius 2 is 2.00 bits per heavy atom. The first-order valence-electron chi connectivity index (χ1n) is 7.40. The molecule has 0 spiro atoms. The van der Waals surface area contributed by atoms with Gasteiger partial charge in [0.25, 0.3) is 0 Å². The number of ether oxygens (including phenoxy) is 2. The van der Waals surface area contributed by atoms with Crippen LogP contribution in [-0.2, 0) is 6.54 Å². The molecule has 3 rings (SSSR count). The largest absolute Gasteiger partial charge is 0.454 e. The van der Waals surface area contributed by atoms with Crippen LogP contribution in [0, 0.1) is 5.92 Å². The molecule has 0 saturated heterocycles. The highest BCUT2D eigenvalue weighted by molar-refractivity contribution is 5.46. The van der Waals surface area contributed by atoms with Crippen molar-refractivity contribution in [2.45, 2.75) is 20.4 Å². The van der Waals surface area contributed by atoms with Crippen molar-refractivity contribution in [2.24, 2.45) is 5.92 Å². The molecule has 2 aromatic rings. The Balaban J connectivity index is 1.60. The van der Waals surface area contributed by atoms with Crippen LogP contribution in [0.4, 0.5) is 11.8 Å². The van der Waals surface area contributed by atoms with Crippen molar-refractivity contribution < 1.29 is 9.47 Å². The zero-order valence-corrected chi connectivity index (χ0v) is 12.8. The number of hydrogen-bond acceptors (Lipinski definition) is 6. The van der Waals surface area contributed by atoms with Crippen molar-refractivity contribution in [1.29, 1.82) is 0 Å². The van der Waals surface area contributed by atoms with E-state index >= 15 is 0 Å². The third kappa shape index (κ3) is 3.58. The Kier molecular flexibility index (Phi) is 4.27. The monoisotopic (exact) mass is 300 g/mol. The fourth-order valence-electron chi connectivity index (χ4n) is 2.08. The second-order valence-corrected chi connectivity index (χ2v) is 5.58. The standard InChI is InChI=1S/C16H20N4O2/c1-11(2)8-18-15-5-6-17-16(20-15)19-9-12-3-4-13-14(7-12)22-10-21-13/h3-7,11H,8-10H2,1-2H3,(H2,17,18,19,20). The quantitative estimate of drug-likeness (QED) is 0.855. The van der Waals surface area contributed by atoms with Gasteiger partial charge in [0.2, 0.25) is 12.7 Å². The van der Waals surface area contributed by atoms with Gasteiger partial charge in [0.15, 0.2) is 11.5 Å². The highest BCUT2D eigenvalue weighted by Gasteiger charge is 2.13. The van der Waals surface area contributed by atoms with Crippen LogP contribution in [0.2, 0.25) is 0 Å². The zero-order valence-electron chi connectivity index (χ0n) is 12.8. The second-order valence-electron chi connectivity index (χ2n) is 5.58. The van der Waals surface area contributed by atoms with Crippen LogP contribution in [0.5, 0.6) is 11.5 Å². The minimum atomic E-state index is 0.291.